The van der Waals surface area contributed by atoms with E-state index in [1.807, 2.05) is 6.08 Å². The van der Waals surface area contributed by atoms with Crippen LogP contribution in [0.3, 0.4) is 0 Å². The van der Waals surface area contributed by atoms with E-state index in [1.54, 1.807) is 0 Å². The predicted octanol–water partition coefficient (Wildman–Crippen LogP) is 6.51. The first-order valence-corrected chi connectivity index (χ1v) is 11.5. The molecule has 0 amide bonds. The zero-order valence-electron chi connectivity index (χ0n) is 18.3. The van der Waals surface area contributed by atoms with Gasteiger partial charge in [0, 0.05) is 18.9 Å². The van der Waals surface area contributed by atoms with E-state index < -0.39 is 0 Å². The van der Waals surface area contributed by atoms with Gasteiger partial charge in [-0.15, -0.1) is 0 Å². The van der Waals surface area contributed by atoms with Gasteiger partial charge in [0.25, 0.3) is 0 Å². The van der Waals surface area contributed by atoms with E-state index in [1.165, 1.54) is 31.8 Å². The predicted molar refractivity (Wildman–Crippen MR) is 115 cm³/mol. The van der Waals surface area contributed by atoms with E-state index >= 15 is 0 Å². The minimum Gasteiger partial charge on any atom is -0.463 e. The molecule has 4 heteroatoms. The summed E-state index contributed by atoms with van der Waals surface area (Å²) in [6.45, 7) is 4.73. The fourth-order valence-electron chi connectivity index (χ4n) is 3.01. The second-order valence-electron chi connectivity index (χ2n) is 7.59. The minimum atomic E-state index is -0.252. The lowest BCUT2D eigenvalue weighted by Crippen LogP contribution is -2.13. The number of ketones is 2. The number of hydrogen-bond acceptors (Lipinski definition) is 4. The number of carbonyl (C=O) groups is 3. The van der Waals surface area contributed by atoms with Crippen molar-refractivity contribution in [3.05, 3.63) is 12.2 Å². The van der Waals surface area contributed by atoms with Crippen LogP contribution in [0.25, 0.3) is 0 Å². The first-order valence-electron chi connectivity index (χ1n) is 11.5. The van der Waals surface area contributed by atoms with Gasteiger partial charge in [-0.1, -0.05) is 84.1 Å². The van der Waals surface area contributed by atoms with E-state index in [4.69, 9.17) is 4.74 Å². The molecule has 0 atom stereocenters. The molecular formula is C24H42O4. The Balaban J connectivity index is 3.44. The number of Topliss-reactive ketones (excluding diaryl/α,β-unsaturated/α-hetero) is 2. The molecule has 0 spiro atoms. The van der Waals surface area contributed by atoms with Crippen molar-refractivity contribution in [1.29, 1.82) is 0 Å². The molecule has 0 fully saturated rings. The van der Waals surface area contributed by atoms with Gasteiger partial charge in [0.1, 0.15) is 0 Å². The monoisotopic (exact) mass is 394 g/mol. The van der Waals surface area contributed by atoms with Crippen molar-refractivity contribution >= 4 is 17.5 Å². The highest BCUT2D eigenvalue weighted by Crippen LogP contribution is 2.10. The van der Waals surface area contributed by atoms with Crippen molar-refractivity contribution in [3.63, 3.8) is 0 Å². The van der Waals surface area contributed by atoms with Crippen LogP contribution in [0.2, 0.25) is 0 Å². The van der Waals surface area contributed by atoms with Crippen LogP contribution in [-0.2, 0) is 19.1 Å². The number of allylic oxidation sites excluding steroid dienone is 1. The molecule has 0 unspecified atom stereocenters. The lowest BCUT2D eigenvalue weighted by molar-refractivity contribution is -0.137. The molecule has 0 saturated carbocycles. The lowest BCUT2D eigenvalue weighted by atomic mass is 10.0. The molecule has 0 aliphatic carbocycles. The Labute approximate surface area is 172 Å². The molecule has 4 nitrogen and oxygen atoms in total. The van der Waals surface area contributed by atoms with Gasteiger partial charge < -0.3 is 4.74 Å². The zero-order chi connectivity index (χ0) is 20.9. The number of rotatable bonds is 20. The Hall–Kier alpha value is -1.45. The number of ether oxygens (including phenoxy) is 1. The van der Waals surface area contributed by atoms with E-state index in [9.17, 15) is 14.4 Å². The van der Waals surface area contributed by atoms with Crippen molar-refractivity contribution in [2.75, 3.05) is 6.61 Å². The third-order valence-electron chi connectivity index (χ3n) is 4.82. The van der Waals surface area contributed by atoms with Gasteiger partial charge >= 0.3 is 5.97 Å². The fourth-order valence-corrected chi connectivity index (χ4v) is 3.01. The molecular weight excluding hydrogens is 352 g/mol. The second kappa shape index (κ2) is 20.3. The van der Waals surface area contributed by atoms with Crippen molar-refractivity contribution in [2.24, 2.45) is 0 Å². The smallest absolute Gasteiger partial charge is 0.330 e. The number of hydrogen-bond donors (Lipinski definition) is 0. The molecule has 0 radical (unpaired) electrons. The second-order valence-corrected chi connectivity index (χ2v) is 7.59. The van der Waals surface area contributed by atoms with Crippen LogP contribution >= 0.6 is 0 Å². The van der Waals surface area contributed by atoms with Crippen molar-refractivity contribution < 1.29 is 19.1 Å². The maximum Gasteiger partial charge on any atom is 0.330 e. The molecule has 0 saturated heterocycles. The summed E-state index contributed by atoms with van der Waals surface area (Å²) in [6, 6.07) is 0. The molecule has 162 valence electrons. The summed E-state index contributed by atoms with van der Waals surface area (Å²) in [7, 11) is 0. The third kappa shape index (κ3) is 17.9. The van der Waals surface area contributed by atoms with Gasteiger partial charge in [-0.25, -0.2) is 4.79 Å². The van der Waals surface area contributed by atoms with E-state index in [0.29, 0.717) is 19.4 Å². The van der Waals surface area contributed by atoms with E-state index in [0.717, 1.165) is 64.2 Å². The molecule has 0 aromatic carbocycles. The highest BCUT2D eigenvalue weighted by molar-refractivity contribution is 6.37. The number of esters is 1. The SMILES string of the molecule is CCCC=CC(=O)OCCCCCCCCC(=O)C(=O)CCCCCCCC. The van der Waals surface area contributed by atoms with Crippen molar-refractivity contribution in [3.8, 4) is 0 Å². The Morgan fingerprint density at radius 2 is 1.14 bits per heavy atom. The largest absolute Gasteiger partial charge is 0.463 e. The standard InChI is InChI=1S/C24H42O4/c1-3-5-7-8-11-15-18-22(25)23(26)19-16-12-9-10-13-17-21-28-24(27)20-14-6-4-2/h14,20H,3-13,15-19,21H2,1-2H3. The first kappa shape index (κ1) is 26.6. The van der Waals surface area contributed by atoms with Crippen molar-refractivity contribution in [2.45, 2.75) is 117 Å². The zero-order valence-corrected chi connectivity index (χ0v) is 18.3. The molecule has 28 heavy (non-hydrogen) atoms. The van der Waals surface area contributed by atoms with E-state index in [2.05, 4.69) is 13.8 Å². The fraction of sp³-hybridized carbons (Fsp3) is 0.792. The van der Waals surface area contributed by atoms with Crippen LogP contribution in [-0.4, -0.2) is 24.1 Å². The molecule has 0 aliphatic heterocycles. The van der Waals surface area contributed by atoms with Crippen LogP contribution in [0.1, 0.15) is 117 Å². The van der Waals surface area contributed by atoms with Crippen LogP contribution in [0.4, 0.5) is 0 Å². The summed E-state index contributed by atoms with van der Waals surface area (Å²) in [5.74, 6) is -0.612. The topological polar surface area (TPSA) is 60.4 Å². The maximum atomic E-state index is 11.8. The van der Waals surface area contributed by atoms with Gasteiger partial charge in [-0.05, 0) is 25.7 Å². The quantitative estimate of drug-likeness (QED) is 0.102. The van der Waals surface area contributed by atoms with Gasteiger partial charge in [0.05, 0.1) is 6.61 Å². The normalized spacial score (nSPS) is 11.1. The molecule has 0 aliphatic rings. The van der Waals surface area contributed by atoms with Gasteiger partial charge in [0.2, 0.25) is 0 Å². The van der Waals surface area contributed by atoms with Crippen molar-refractivity contribution in [1.82, 2.24) is 0 Å². The summed E-state index contributed by atoms with van der Waals surface area (Å²) in [5.41, 5.74) is 0. The molecule has 0 heterocycles. The maximum absolute atomic E-state index is 11.8. The van der Waals surface area contributed by atoms with Gasteiger partial charge in [-0.3, -0.25) is 9.59 Å². The number of carbonyl (C=O) groups excluding carboxylic acids is 3. The highest BCUT2D eigenvalue weighted by atomic mass is 16.5. The van der Waals surface area contributed by atoms with Gasteiger partial charge in [-0.2, -0.15) is 0 Å². The minimum absolute atomic E-state index is 0.176. The molecule has 0 aromatic rings. The van der Waals surface area contributed by atoms with Crippen LogP contribution < -0.4 is 0 Å². The molecule has 0 bridgehead atoms. The van der Waals surface area contributed by atoms with Gasteiger partial charge in [0.15, 0.2) is 11.6 Å². The Morgan fingerprint density at radius 1 is 0.643 bits per heavy atom. The molecule has 0 rings (SSSR count). The Morgan fingerprint density at radius 3 is 1.68 bits per heavy atom. The highest BCUT2D eigenvalue weighted by Gasteiger charge is 2.12. The first-order chi connectivity index (χ1) is 13.6. The Kier molecular flexibility index (Phi) is 19.2. The van der Waals surface area contributed by atoms with Crippen LogP contribution in [0, 0.1) is 0 Å². The molecule has 0 aromatic heterocycles. The summed E-state index contributed by atoms with van der Waals surface area (Å²) in [6.07, 6.45) is 18.7. The average Bonchev–Trinajstić information content (AvgIpc) is 2.69. The summed E-state index contributed by atoms with van der Waals surface area (Å²) in [4.78, 5) is 35.0. The summed E-state index contributed by atoms with van der Waals surface area (Å²) in [5, 5.41) is 0. The summed E-state index contributed by atoms with van der Waals surface area (Å²) < 4.78 is 5.13. The average molecular weight is 395 g/mol. The van der Waals surface area contributed by atoms with E-state index in [-0.39, 0.29) is 17.5 Å². The number of unbranched alkanes of at least 4 members (excludes halogenated alkanes) is 11. The molecule has 0 N–H and O–H groups in total. The third-order valence-corrected chi connectivity index (χ3v) is 4.82. The Bertz CT molecular complexity index is 440. The van der Waals surface area contributed by atoms with Crippen LogP contribution in [0.5, 0.6) is 0 Å². The summed E-state index contributed by atoms with van der Waals surface area (Å²) >= 11 is 0. The van der Waals surface area contributed by atoms with Crippen LogP contribution in [0.15, 0.2) is 12.2 Å². The lowest BCUT2D eigenvalue weighted by Gasteiger charge is -2.03.